The highest BCUT2D eigenvalue weighted by Crippen LogP contribution is 2.20. The molecule has 0 aliphatic heterocycles. The molecule has 1 unspecified atom stereocenters. The monoisotopic (exact) mass is 239 g/mol. The standard InChI is InChI=1S/C13H21NO3/c1-13(2,12(16)17)8-9-14-11(15)10-6-4-3-5-7-10/h3-4,10H,5-9H2,1-2H3,(H,14,15)(H,16,17). The molecule has 1 aliphatic carbocycles. The molecule has 1 rings (SSSR count). The minimum Gasteiger partial charge on any atom is -0.481 e. The second-order valence-electron chi connectivity index (χ2n) is 5.21. The molecule has 0 saturated heterocycles. The highest BCUT2D eigenvalue weighted by molar-refractivity contribution is 5.79. The number of carboxylic acid groups (broad SMARTS) is 1. The topological polar surface area (TPSA) is 66.4 Å². The highest BCUT2D eigenvalue weighted by Gasteiger charge is 2.27. The van der Waals surface area contributed by atoms with E-state index in [0.717, 1.165) is 19.3 Å². The molecule has 1 atom stereocenters. The van der Waals surface area contributed by atoms with E-state index in [1.54, 1.807) is 13.8 Å². The quantitative estimate of drug-likeness (QED) is 0.721. The second kappa shape index (κ2) is 5.84. The van der Waals surface area contributed by atoms with Gasteiger partial charge in [-0.1, -0.05) is 12.2 Å². The number of carbonyl (C=O) groups is 2. The van der Waals surface area contributed by atoms with Crippen molar-refractivity contribution in [2.45, 2.75) is 39.5 Å². The van der Waals surface area contributed by atoms with E-state index in [0.29, 0.717) is 13.0 Å². The number of amides is 1. The number of allylic oxidation sites excluding steroid dienone is 2. The van der Waals surface area contributed by atoms with Crippen molar-refractivity contribution in [1.82, 2.24) is 5.32 Å². The SMILES string of the molecule is CC(C)(CCNC(=O)C1CC=CCC1)C(=O)O. The molecule has 1 amide bonds. The third-order valence-electron chi connectivity index (χ3n) is 3.27. The molecule has 2 N–H and O–H groups in total. The van der Waals surface area contributed by atoms with Crippen LogP contribution in [0.2, 0.25) is 0 Å². The molecule has 96 valence electrons. The zero-order valence-corrected chi connectivity index (χ0v) is 10.5. The van der Waals surface area contributed by atoms with Crippen LogP contribution in [0.15, 0.2) is 12.2 Å². The molecular formula is C13H21NO3. The molecule has 0 saturated carbocycles. The van der Waals surface area contributed by atoms with Crippen LogP contribution in [-0.4, -0.2) is 23.5 Å². The normalized spacial score (nSPS) is 20.0. The van der Waals surface area contributed by atoms with Crippen LogP contribution in [0.5, 0.6) is 0 Å². The van der Waals surface area contributed by atoms with Gasteiger partial charge in [-0.25, -0.2) is 0 Å². The van der Waals surface area contributed by atoms with Crippen molar-refractivity contribution in [2.75, 3.05) is 6.54 Å². The van der Waals surface area contributed by atoms with Crippen LogP contribution in [0.25, 0.3) is 0 Å². The summed E-state index contributed by atoms with van der Waals surface area (Å²) in [6.07, 6.45) is 7.24. The van der Waals surface area contributed by atoms with E-state index in [-0.39, 0.29) is 11.8 Å². The third-order valence-corrected chi connectivity index (χ3v) is 3.27. The van der Waals surface area contributed by atoms with Crippen LogP contribution in [0, 0.1) is 11.3 Å². The van der Waals surface area contributed by atoms with Crippen molar-refractivity contribution in [3.63, 3.8) is 0 Å². The first-order chi connectivity index (χ1) is 7.93. The van der Waals surface area contributed by atoms with E-state index in [1.165, 1.54) is 0 Å². The van der Waals surface area contributed by atoms with Gasteiger partial charge in [-0.05, 0) is 39.5 Å². The predicted molar refractivity (Wildman–Crippen MR) is 65.5 cm³/mol. The maximum atomic E-state index is 11.8. The number of rotatable bonds is 5. The van der Waals surface area contributed by atoms with Gasteiger partial charge in [0.25, 0.3) is 0 Å². The zero-order chi connectivity index (χ0) is 12.9. The summed E-state index contributed by atoms with van der Waals surface area (Å²) in [5.74, 6) is -0.712. The van der Waals surface area contributed by atoms with E-state index in [1.807, 2.05) is 6.08 Å². The van der Waals surface area contributed by atoms with Crippen molar-refractivity contribution in [1.29, 1.82) is 0 Å². The molecule has 0 radical (unpaired) electrons. The van der Waals surface area contributed by atoms with Gasteiger partial charge in [0, 0.05) is 12.5 Å². The van der Waals surface area contributed by atoms with Gasteiger partial charge in [0.2, 0.25) is 5.91 Å². The average molecular weight is 239 g/mol. The van der Waals surface area contributed by atoms with Crippen molar-refractivity contribution in [2.24, 2.45) is 11.3 Å². The number of hydrogen-bond donors (Lipinski definition) is 2. The van der Waals surface area contributed by atoms with E-state index < -0.39 is 11.4 Å². The fourth-order valence-corrected chi connectivity index (χ4v) is 1.78. The van der Waals surface area contributed by atoms with Crippen molar-refractivity contribution < 1.29 is 14.7 Å². The van der Waals surface area contributed by atoms with Crippen LogP contribution in [0.4, 0.5) is 0 Å². The van der Waals surface area contributed by atoms with Gasteiger partial charge in [-0.2, -0.15) is 0 Å². The summed E-state index contributed by atoms with van der Waals surface area (Å²) in [4.78, 5) is 22.6. The Balaban J connectivity index is 2.29. The first kappa shape index (κ1) is 13.7. The summed E-state index contributed by atoms with van der Waals surface area (Å²) in [5.41, 5.74) is -0.778. The summed E-state index contributed by atoms with van der Waals surface area (Å²) in [6, 6.07) is 0. The number of carboxylic acids is 1. The molecule has 4 nitrogen and oxygen atoms in total. The van der Waals surface area contributed by atoms with Crippen molar-refractivity contribution in [3.05, 3.63) is 12.2 Å². The Hall–Kier alpha value is -1.32. The summed E-state index contributed by atoms with van der Waals surface area (Å²) < 4.78 is 0. The van der Waals surface area contributed by atoms with Gasteiger partial charge in [-0.15, -0.1) is 0 Å². The van der Waals surface area contributed by atoms with Gasteiger partial charge < -0.3 is 10.4 Å². The van der Waals surface area contributed by atoms with E-state index in [2.05, 4.69) is 11.4 Å². The molecule has 4 heteroatoms. The molecule has 0 spiro atoms. The van der Waals surface area contributed by atoms with Gasteiger partial charge >= 0.3 is 5.97 Å². The van der Waals surface area contributed by atoms with Crippen LogP contribution in [0.3, 0.4) is 0 Å². The summed E-state index contributed by atoms with van der Waals surface area (Å²) in [6.45, 7) is 3.77. The number of carbonyl (C=O) groups excluding carboxylic acids is 1. The lowest BCUT2D eigenvalue weighted by Crippen LogP contribution is -2.35. The van der Waals surface area contributed by atoms with E-state index >= 15 is 0 Å². The van der Waals surface area contributed by atoms with Crippen LogP contribution < -0.4 is 5.32 Å². The first-order valence-electron chi connectivity index (χ1n) is 6.09. The highest BCUT2D eigenvalue weighted by atomic mass is 16.4. The summed E-state index contributed by atoms with van der Waals surface area (Å²) in [7, 11) is 0. The Morgan fingerprint density at radius 3 is 2.65 bits per heavy atom. The van der Waals surface area contributed by atoms with Gasteiger partial charge in [0.15, 0.2) is 0 Å². The number of nitrogens with one attached hydrogen (secondary N) is 1. The molecule has 0 bridgehead atoms. The molecule has 0 heterocycles. The second-order valence-corrected chi connectivity index (χ2v) is 5.21. The maximum Gasteiger partial charge on any atom is 0.309 e. The molecule has 0 fully saturated rings. The Kier molecular flexibility index (Phi) is 4.73. The van der Waals surface area contributed by atoms with Gasteiger partial charge in [0.1, 0.15) is 0 Å². The lowest BCUT2D eigenvalue weighted by atomic mass is 9.89. The van der Waals surface area contributed by atoms with Gasteiger partial charge in [-0.3, -0.25) is 9.59 Å². The van der Waals surface area contributed by atoms with E-state index in [9.17, 15) is 9.59 Å². The average Bonchev–Trinajstić information content (AvgIpc) is 2.29. The van der Waals surface area contributed by atoms with E-state index in [4.69, 9.17) is 5.11 Å². The minimum atomic E-state index is -0.827. The third kappa shape index (κ3) is 4.21. The lowest BCUT2D eigenvalue weighted by molar-refractivity contribution is -0.147. The van der Waals surface area contributed by atoms with Crippen molar-refractivity contribution in [3.8, 4) is 0 Å². The van der Waals surface area contributed by atoms with Crippen LogP contribution in [0.1, 0.15) is 39.5 Å². The number of hydrogen-bond acceptors (Lipinski definition) is 2. The fraction of sp³-hybridized carbons (Fsp3) is 0.692. The molecule has 17 heavy (non-hydrogen) atoms. The lowest BCUT2D eigenvalue weighted by Gasteiger charge is -2.21. The molecule has 0 aromatic heterocycles. The summed E-state index contributed by atoms with van der Waals surface area (Å²) >= 11 is 0. The fourth-order valence-electron chi connectivity index (χ4n) is 1.78. The Bertz CT molecular complexity index is 321. The largest absolute Gasteiger partial charge is 0.481 e. The first-order valence-corrected chi connectivity index (χ1v) is 6.09. The molecule has 0 aromatic rings. The van der Waals surface area contributed by atoms with Crippen LogP contribution >= 0.6 is 0 Å². The Morgan fingerprint density at radius 2 is 2.12 bits per heavy atom. The van der Waals surface area contributed by atoms with Crippen molar-refractivity contribution >= 4 is 11.9 Å². The smallest absolute Gasteiger partial charge is 0.309 e. The minimum absolute atomic E-state index is 0.0514. The zero-order valence-electron chi connectivity index (χ0n) is 10.5. The Labute approximate surface area is 102 Å². The summed E-state index contributed by atoms with van der Waals surface area (Å²) in [5, 5.41) is 11.8. The predicted octanol–water partition coefficient (Wildman–Crippen LogP) is 1.96. The number of aliphatic carboxylic acids is 1. The van der Waals surface area contributed by atoms with Gasteiger partial charge in [0.05, 0.1) is 5.41 Å². The molecular weight excluding hydrogens is 218 g/mol. The molecule has 1 aliphatic rings. The Morgan fingerprint density at radius 1 is 1.41 bits per heavy atom. The molecule has 0 aromatic carbocycles. The maximum absolute atomic E-state index is 11.8. The van der Waals surface area contributed by atoms with Crippen LogP contribution in [-0.2, 0) is 9.59 Å².